The Hall–Kier alpha value is -1.02. The predicted octanol–water partition coefficient (Wildman–Crippen LogP) is 3.93. The molecular weight excluding hydrogens is 222 g/mol. The van der Waals surface area contributed by atoms with Gasteiger partial charge in [0.05, 0.1) is 6.61 Å². The Bertz CT molecular complexity index is 343. The van der Waals surface area contributed by atoms with E-state index in [1.165, 1.54) is 24.8 Å². The summed E-state index contributed by atoms with van der Waals surface area (Å²) in [6.45, 7) is 6.26. The Morgan fingerprint density at radius 3 is 2.44 bits per heavy atom. The first-order chi connectivity index (χ1) is 8.85. The molecule has 2 nitrogen and oxygen atoms in total. The van der Waals surface area contributed by atoms with Gasteiger partial charge >= 0.3 is 0 Å². The second kappa shape index (κ2) is 6.79. The van der Waals surface area contributed by atoms with Crippen LogP contribution in [0.15, 0.2) is 24.3 Å². The number of rotatable bonds is 8. The molecule has 1 atom stereocenters. The minimum Gasteiger partial charge on any atom is -0.494 e. The van der Waals surface area contributed by atoms with Crippen molar-refractivity contribution in [1.82, 2.24) is 5.32 Å². The lowest BCUT2D eigenvalue weighted by atomic mass is 10.0. The topological polar surface area (TPSA) is 21.3 Å². The van der Waals surface area contributed by atoms with Gasteiger partial charge in [-0.15, -0.1) is 0 Å². The maximum atomic E-state index is 5.63. The van der Waals surface area contributed by atoms with Gasteiger partial charge in [-0.1, -0.05) is 26.0 Å². The monoisotopic (exact) mass is 247 g/mol. The maximum Gasteiger partial charge on any atom is 0.119 e. The summed E-state index contributed by atoms with van der Waals surface area (Å²) in [5.41, 5.74) is 1.41. The van der Waals surface area contributed by atoms with Crippen molar-refractivity contribution in [2.75, 3.05) is 13.2 Å². The number of benzene rings is 1. The summed E-state index contributed by atoms with van der Waals surface area (Å²) in [5.74, 6) is 1.84. The summed E-state index contributed by atoms with van der Waals surface area (Å²) in [4.78, 5) is 0. The average Bonchev–Trinajstić information content (AvgIpc) is 3.23. The first-order valence-corrected chi connectivity index (χ1v) is 7.31. The Morgan fingerprint density at radius 1 is 1.17 bits per heavy atom. The second-order valence-electron chi connectivity index (χ2n) is 5.19. The molecule has 1 aromatic carbocycles. The van der Waals surface area contributed by atoms with Crippen molar-refractivity contribution >= 4 is 0 Å². The fourth-order valence-electron chi connectivity index (χ4n) is 2.28. The SMILES string of the molecule is CCCNC(c1ccc(OCCC)cc1)C1CC1. The number of nitrogens with one attached hydrogen (secondary N) is 1. The number of hydrogen-bond acceptors (Lipinski definition) is 2. The molecule has 0 aromatic heterocycles. The van der Waals surface area contributed by atoms with Gasteiger partial charge in [0.1, 0.15) is 5.75 Å². The minimum absolute atomic E-state index is 0.546. The van der Waals surface area contributed by atoms with Crippen molar-refractivity contribution in [3.05, 3.63) is 29.8 Å². The van der Waals surface area contributed by atoms with Crippen LogP contribution in [0, 0.1) is 5.92 Å². The van der Waals surface area contributed by atoms with Crippen LogP contribution in [0.5, 0.6) is 5.75 Å². The molecule has 2 rings (SSSR count). The molecule has 0 radical (unpaired) electrons. The maximum absolute atomic E-state index is 5.63. The van der Waals surface area contributed by atoms with Crippen molar-refractivity contribution in [2.45, 2.75) is 45.6 Å². The van der Waals surface area contributed by atoms with Crippen LogP contribution in [0.4, 0.5) is 0 Å². The van der Waals surface area contributed by atoms with Gasteiger partial charge < -0.3 is 10.1 Å². The van der Waals surface area contributed by atoms with Crippen molar-refractivity contribution in [2.24, 2.45) is 5.92 Å². The van der Waals surface area contributed by atoms with Crippen LogP contribution in [-0.2, 0) is 0 Å². The highest BCUT2D eigenvalue weighted by molar-refractivity contribution is 5.30. The van der Waals surface area contributed by atoms with Crippen LogP contribution in [0.2, 0.25) is 0 Å². The normalized spacial score (nSPS) is 16.6. The molecular formula is C16H25NO. The molecule has 0 heterocycles. The van der Waals surface area contributed by atoms with E-state index < -0.39 is 0 Å². The summed E-state index contributed by atoms with van der Waals surface area (Å²) < 4.78 is 5.63. The quantitative estimate of drug-likeness (QED) is 0.751. The summed E-state index contributed by atoms with van der Waals surface area (Å²) in [6, 6.07) is 9.19. The van der Waals surface area contributed by atoms with Crippen LogP contribution in [0.1, 0.15) is 51.1 Å². The highest BCUT2D eigenvalue weighted by Gasteiger charge is 2.31. The molecule has 1 saturated carbocycles. The van der Waals surface area contributed by atoms with Gasteiger partial charge in [-0.2, -0.15) is 0 Å². The highest BCUT2D eigenvalue weighted by Crippen LogP contribution is 2.41. The zero-order valence-electron chi connectivity index (χ0n) is 11.6. The fourth-order valence-corrected chi connectivity index (χ4v) is 2.28. The summed E-state index contributed by atoms with van der Waals surface area (Å²) in [7, 11) is 0. The lowest BCUT2D eigenvalue weighted by Gasteiger charge is -2.18. The molecule has 1 fully saturated rings. The van der Waals surface area contributed by atoms with E-state index in [2.05, 4.69) is 43.4 Å². The first-order valence-electron chi connectivity index (χ1n) is 7.31. The van der Waals surface area contributed by atoms with Crippen LogP contribution in [-0.4, -0.2) is 13.2 Å². The van der Waals surface area contributed by atoms with Crippen LogP contribution in [0.3, 0.4) is 0 Å². The third kappa shape index (κ3) is 3.74. The molecule has 0 aliphatic heterocycles. The Kier molecular flexibility index (Phi) is 5.06. The van der Waals surface area contributed by atoms with Crippen molar-refractivity contribution in [3.63, 3.8) is 0 Å². The molecule has 1 aromatic rings. The van der Waals surface area contributed by atoms with E-state index in [1.54, 1.807) is 0 Å². The number of hydrogen-bond donors (Lipinski definition) is 1. The molecule has 1 unspecified atom stereocenters. The fraction of sp³-hybridized carbons (Fsp3) is 0.625. The Labute approximate surface area is 111 Å². The predicted molar refractivity (Wildman–Crippen MR) is 76.0 cm³/mol. The van der Waals surface area contributed by atoms with E-state index in [1.807, 2.05) is 0 Å². The van der Waals surface area contributed by atoms with E-state index in [0.29, 0.717) is 6.04 Å². The van der Waals surface area contributed by atoms with E-state index in [0.717, 1.165) is 31.2 Å². The van der Waals surface area contributed by atoms with Crippen LogP contribution < -0.4 is 10.1 Å². The van der Waals surface area contributed by atoms with Gasteiger partial charge in [0.25, 0.3) is 0 Å². The molecule has 2 heteroatoms. The van der Waals surface area contributed by atoms with Gasteiger partial charge in [0, 0.05) is 6.04 Å². The summed E-state index contributed by atoms with van der Waals surface area (Å²) in [5, 5.41) is 3.67. The van der Waals surface area contributed by atoms with Crippen LogP contribution in [0.25, 0.3) is 0 Å². The van der Waals surface area contributed by atoms with Crippen LogP contribution >= 0.6 is 0 Å². The standard InChI is InChI=1S/C16H25NO/c1-3-11-17-16(13-5-6-13)14-7-9-15(10-8-14)18-12-4-2/h7-10,13,16-17H,3-6,11-12H2,1-2H3. The molecule has 100 valence electrons. The average molecular weight is 247 g/mol. The van der Waals surface area contributed by atoms with Gasteiger partial charge in [-0.25, -0.2) is 0 Å². The second-order valence-corrected chi connectivity index (χ2v) is 5.19. The van der Waals surface area contributed by atoms with Gasteiger partial charge in [0.15, 0.2) is 0 Å². The molecule has 0 spiro atoms. The number of ether oxygens (including phenoxy) is 1. The first kappa shape index (κ1) is 13.4. The van der Waals surface area contributed by atoms with E-state index in [9.17, 15) is 0 Å². The minimum atomic E-state index is 0.546. The highest BCUT2D eigenvalue weighted by atomic mass is 16.5. The third-order valence-electron chi connectivity index (χ3n) is 3.42. The van der Waals surface area contributed by atoms with Crippen molar-refractivity contribution < 1.29 is 4.74 Å². The Balaban J connectivity index is 1.96. The molecule has 1 N–H and O–H groups in total. The third-order valence-corrected chi connectivity index (χ3v) is 3.42. The van der Waals surface area contributed by atoms with Crippen molar-refractivity contribution in [3.8, 4) is 5.75 Å². The molecule has 18 heavy (non-hydrogen) atoms. The van der Waals surface area contributed by atoms with Gasteiger partial charge in [-0.3, -0.25) is 0 Å². The smallest absolute Gasteiger partial charge is 0.119 e. The molecule has 0 saturated heterocycles. The zero-order valence-corrected chi connectivity index (χ0v) is 11.6. The largest absolute Gasteiger partial charge is 0.494 e. The van der Waals surface area contributed by atoms with Crippen molar-refractivity contribution in [1.29, 1.82) is 0 Å². The van der Waals surface area contributed by atoms with Gasteiger partial charge in [-0.05, 0) is 55.8 Å². The lowest BCUT2D eigenvalue weighted by molar-refractivity contribution is 0.317. The van der Waals surface area contributed by atoms with E-state index in [4.69, 9.17) is 4.74 Å². The van der Waals surface area contributed by atoms with E-state index in [-0.39, 0.29) is 0 Å². The molecule has 0 amide bonds. The van der Waals surface area contributed by atoms with E-state index >= 15 is 0 Å². The molecule has 1 aliphatic carbocycles. The zero-order chi connectivity index (χ0) is 12.8. The molecule has 0 bridgehead atoms. The lowest BCUT2D eigenvalue weighted by Crippen LogP contribution is -2.23. The van der Waals surface area contributed by atoms with Gasteiger partial charge in [0.2, 0.25) is 0 Å². The summed E-state index contributed by atoms with van der Waals surface area (Å²) in [6.07, 6.45) is 5.00. The summed E-state index contributed by atoms with van der Waals surface area (Å²) >= 11 is 0. The Morgan fingerprint density at radius 2 is 1.89 bits per heavy atom. The molecule has 1 aliphatic rings.